The van der Waals surface area contributed by atoms with Crippen molar-refractivity contribution in [3.05, 3.63) is 53.9 Å². The Morgan fingerprint density at radius 1 is 1.03 bits per heavy atom. The topological polar surface area (TPSA) is 91.4 Å². The minimum absolute atomic E-state index is 0.136. The summed E-state index contributed by atoms with van der Waals surface area (Å²) in [6.45, 7) is 5.94. The summed E-state index contributed by atoms with van der Waals surface area (Å²) in [7, 11) is 0. The second kappa shape index (κ2) is 8.86. The zero-order valence-electron chi connectivity index (χ0n) is 16.9. The maximum atomic E-state index is 13.0. The zero-order chi connectivity index (χ0) is 21.0. The van der Waals surface area contributed by atoms with E-state index in [4.69, 9.17) is 0 Å². The summed E-state index contributed by atoms with van der Waals surface area (Å²) in [6, 6.07) is 9.02. The quantitative estimate of drug-likeness (QED) is 0.782. The number of aryl methyl sites for hydroxylation is 1. The van der Waals surface area contributed by atoms with Crippen molar-refractivity contribution in [3.63, 3.8) is 0 Å². The lowest BCUT2D eigenvalue weighted by molar-refractivity contribution is -0.146. The Labute approximate surface area is 170 Å². The number of piperidine rings is 1. The van der Waals surface area contributed by atoms with Crippen molar-refractivity contribution in [2.45, 2.75) is 39.7 Å². The third-order valence-electron chi connectivity index (χ3n) is 5.02. The van der Waals surface area contributed by atoms with Crippen LogP contribution in [0.3, 0.4) is 0 Å². The molecule has 0 spiro atoms. The Balaban J connectivity index is 1.77. The molecular weight excluding hydrogens is 368 g/mol. The van der Waals surface area contributed by atoms with Gasteiger partial charge in [0, 0.05) is 25.4 Å². The van der Waals surface area contributed by atoms with Crippen molar-refractivity contribution < 1.29 is 14.4 Å². The molecule has 0 radical (unpaired) electrons. The van der Waals surface area contributed by atoms with Crippen molar-refractivity contribution in [2.24, 2.45) is 5.92 Å². The van der Waals surface area contributed by atoms with Gasteiger partial charge in [-0.25, -0.2) is 0 Å². The van der Waals surface area contributed by atoms with Crippen molar-refractivity contribution >= 4 is 29.1 Å². The fraction of sp³-hybridized carbons (Fsp3) is 0.364. The van der Waals surface area contributed by atoms with E-state index in [1.54, 1.807) is 17.2 Å². The molecule has 2 heterocycles. The van der Waals surface area contributed by atoms with Crippen LogP contribution in [0, 0.1) is 12.8 Å². The second-order valence-electron chi connectivity index (χ2n) is 7.66. The first-order valence-corrected chi connectivity index (χ1v) is 9.74. The smallest absolute Gasteiger partial charge is 0.313 e. The van der Waals surface area contributed by atoms with Crippen LogP contribution >= 0.6 is 0 Å². The summed E-state index contributed by atoms with van der Waals surface area (Å²) in [5, 5.41) is 5.39. The number of carbonyl (C=O) groups is 3. The molecular formula is C22H26N4O3. The van der Waals surface area contributed by atoms with Crippen LogP contribution in [0.1, 0.15) is 43.9 Å². The molecule has 2 atom stereocenters. The fourth-order valence-corrected chi connectivity index (χ4v) is 3.65. The number of rotatable bonds is 3. The highest BCUT2D eigenvalue weighted by Crippen LogP contribution is 2.34. The highest BCUT2D eigenvalue weighted by Gasteiger charge is 2.34. The van der Waals surface area contributed by atoms with Crippen LogP contribution in [0.25, 0.3) is 0 Å². The summed E-state index contributed by atoms with van der Waals surface area (Å²) in [4.78, 5) is 42.5. The number of aromatic nitrogens is 1. The normalized spacial score (nSPS) is 18.8. The molecule has 1 aliphatic heterocycles. The van der Waals surface area contributed by atoms with Gasteiger partial charge in [-0.05, 0) is 55.0 Å². The van der Waals surface area contributed by atoms with Crippen molar-refractivity contribution in [1.82, 2.24) is 9.88 Å². The number of hydrogen-bond acceptors (Lipinski definition) is 4. The van der Waals surface area contributed by atoms with Gasteiger partial charge in [0.2, 0.25) is 5.91 Å². The molecule has 2 aromatic rings. The van der Waals surface area contributed by atoms with Crippen LogP contribution in [0.2, 0.25) is 0 Å². The number of pyridine rings is 1. The van der Waals surface area contributed by atoms with E-state index in [0.717, 1.165) is 24.0 Å². The van der Waals surface area contributed by atoms with E-state index in [9.17, 15) is 14.4 Å². The summed E-state index contributed by atoms with van der Waals surface area (Å²) < 4.78 is 0. The Morgan fingerprint density at radius 2 is 1.76 bits per heavy atom. The lowest BCUT2D eigenvalue weighted by Crippen LogP contribution is -2.46. The third-order valence-corrected chi connectivity index (χ3v) is 5.02. The van der Waals surface area contributed by atoms with Gasteiger partial charge in [0.1, 0.15) is 0 Å². The van der Waals surface area contributed by atoms with Crippen LogP contribution in [0.15, 0.2) is 42.7 Å². The van der Waals surface area contributed by atoms with Crippen LogP contribution in [0.5, 0.6) is 0 Å². The molecule has 3 rings (SSSR count). The Kier molecular flexibility index (Phi) is 6.26. The van der Waals surface area contributed by atoms with Crippen LogP contribution in [-0.4, -0.2) is 34.2 Å². The summed E-state index contributed by atoms with van der Waals surface area (Å²) in [5.41, 5.74) is 3.06. The van der Waals surface area contributed by atoms with Crippen molar-refractivity contribution in [1.29, 1.82) is 0 Å². The molecule has 29 heavy (non-hydrogen) atoms. The molecule has 152 valence electrons. The third kappa shape index (κ3) is 5.19. The molecule has 1 aliphatic rings. The first kappa shape index (κ1) is 20.5. The number of nitrogens with zero attached hydrogens (tertiary/aromatic N) is 2. The van der Waals surface area contributed by atoms with E-state index in [2.05, 4.69) is 22.5 Å². The number of amides is 3. The molecule has 7 nitrogen and oxygen atoms in total. The van der Waals surface area contributed by atoms with Gasteiger partial charge in [-0.3, -0.25) is 19.4 Å². The van der Waals surface area contributed by atoms with Gasteiger partial charge in [-0.1, -0.05) is 19.1 Å². The average Bonchev–Trinajstić information content (AvgIpc) is 2.67. The summed E-state index contributed by atoms with van der Waals surface area (Å²) >= 11 is 0. The molecule has 1 saturated heterocycles. The lowest BCUT2D eigenvalue weighted by atomic mass is 9.89. The maximum absolute atomic E-state index is 13.0. The molecule has 0 bridgehead atoms. The first-order valence-electron chi connectivity index (χ1n) is 9.74. The van der Waals surface area contributed by atoms with Crippen LogP contribution in [-0.2, 0) is 14.4 Å². The van der Waals surface area contributed by atoms with Crippen molar-refractivity contribution in [2.75, 3.05) is 17.2 Å². The Hall–Kier alpha value is -3.22. The molecule has 0 saturated carbocycles. The van der Waals surface area contributed by atoms with E-state index < -0.39 is 11.8 Å². The second-order valence-corrected chi connectivity index (χ2v) is 7.66. The van der Waals surface area contributed by atoms with E-state index in [1.165, 1.54) is 13.1 Å². The molecule has 0 aliphatic carbocycles. The van der Waals surface area contributed by atoms with Gasteiger partial charge in [-0.2, -0.15) is 0 Å². The predicted molar refractivity (Wildman–Crippen MR) is 111 cm³/mol. The minimum atomic E-state index is -0.661. The van der Waals surface area contributed by atoms with E-state index in [-0.39, 0.29) is 11.9 Å². The van der Waals surface area contributed by atoms with Gasteiger partial charge in [0.05, 0.1) is 17.9 Å². The van der Waals surface area contributed by atoms with Gasteiger partial charge in [0.15, 0.2) is 0 Å². The minimum Gasteiger partial charge on any atom is -0.327 e. The first-order chi connectivity index (χ1) is 13.8. The van der Waals surface area contributed by atoms with Gasteiger partial charge >= 0.3 is 11.8 Å². The van der Waals surface area contributed by atoms with Crippen molar-refractivity contribution in [3.8, 4) is 0 Å². The molecule has 0 unspecified atom stereocenters. The van der Waals surface area contributed by atoms with E-state index >= 15 is 0 Å². The standard InChI is InChI=1S/C22H26N4O3/c1-14-4-9-20(17-5-7-18(8-6-17)24-16(3)27)26(13-14)22(29)21(28)25-19-10-15(2)11-23-12-19/h5-8,10-12,14,20H,4,9,13H2,1-3H3,(H,24,27)(H,25,28)/t14-,20+/m0/s1. The number of benzene rings is 1. The van der Waals surface area contributed by atoms with Gasteiger partial charge in [0.25, 0.3) is 0 Å². The number of anilines is 2. The highest BCUT2D eigenvalue weighted by molar-refractivity contribution is 6.39. The Morgan fingerprint density at radius 3 is 2.41 bits per heavy atom. The fourth-order valence-electron chi connectivity index (χ4n) is 3.65. The maximum Gasteiger partial charge on any atom is 0.313 e. The lowest BCUT2D eigenvalue weighted by Gasteiger charge is -2.38. The predicted octanol–water partition coefficient (Wildman–Crippen LogP) is 3.29. The molecule has 1 aromatic carbocycles. The van der Waals surface area contributed by atoms with E-state index in [1.807, 2.05) is 31.2 Å². The average molecular weight is 394 g/mol. The highest BCUT2D eigenvalue weighted by atomic mass is 16.2. The number of hydrogen-bond donors (Lipinski definition) is 2. The molecule has 1 aromatic heterocycles. The summed E-state index contributed by atoms with van der Waals surface area (Å²) in [5.74, 6) is -1.02. The number of nitrogens with one attached hydrogen (secondary N) is 2. The molecule has 3 amide bonds. The SMILES string of the molecule is CC(=O)Nc1ccc([C@H]2CC[C@H](C)CN2C(=O)C(=O)Nc2cncc(C)c2)cc1. The van der Waals surface area contributed by atoms with Crippen LogP contribution < -0.4 is 10.6 Å². The van der Waals surface area contributed by atoms with E-state index in [0.29, 0.717) is 23.8 Å². The molecule has 7 heteroatoms. The number of likely N-dealkylation sites (tertiary alicyclic amines) is 1. The molecule has 2 N–H and O–H groups in total. The number of carbonyl (C=O) groups excluding carboxylic acids is 3. The van der Waals surface area contributed by atoms with Crippen LogP contribution in [0.4, 0.5) is 11.4 Å². The van der Waals surface area contributed by atoms with Gasteiger partial charge < -0.3 is 15.5 Å². The monoisotopic (exact) mass is 394 g/mol. The summed E-state index contributed by atoms with van der Waals surface area (Å²) in [6.07, 6.45) is 4.97. The zero-order valence-corrected chi connectivity index (χ0v) is 16.9. The van der Waals surface area contributed by atoms with Gasteiger partial charge in [-0.15, -0.1) is 0 Å². The largest absolute Gasteiger partial charge is 0.327 e. The molecule has 1 fully saturated rings. The Bertz CT molecular complexity index is 911.